The van der Waals surface area contributed by atoms with Gasteiger partial charge in [0.1, 0.15) is 18.0 Å². The Morgan fingerprint density at radius 3 is 2.57 bits per heavy atom. The minimum absolute atomic E-state index is 0.220. The molecule has 0 bridgehead atoms. The summed E-state index contributed by atoms with van der Waals surface area (Å²) in [6.45, 7) is 3.92. The molecule has 0 aliphatic carbocycles. The lowest BCUT2D eigenvalue weighted by Crippen LogP contribution is -2.47. The van der Waals surface area contributed by atoms with E-state index in [9.17, 15) is 5.11 Å². The van der Waals surface area contributed by atoms with Gasteiger partial charge in [-0.05, 0) is 48.7 Å². The first-order valence-electron chi connectivity index (χ1n) is 11.7. The van der Waals surface area contributed by atoms with Crippen molar-refractivity contribution in [3.8, 4) is 17.2 Å². The second kappa shape index (κ2) is 12.0. The molecule has 188 valence electrons. The van der Waals surface area contributed by atoms with Crippen LogP contribution in [0, 0.1) is 0 Å². The monoisotopic (exact) mass is 519 g/mol. The maximum absolute atomic E-state index is 11.0. The van der Waals surface area contributed by atoms with Crippen LogP contribution in [-0.2, 0) is 13.1 Å². The molecular formula is C26H31Cl2N3O4. The molecule has 0 radical (unpaired) electrons. The van der Waals surface area contributed by atoms with Gasteiger partial charge in [0.15, 0.2) is 11.5 Å². The number of aryl methyl sites for hydroxylation is 1. The first-order valence-corrected chi connectivity index (χ1v) is 12.5. The molecular weight excluding hydrogens is 489 g/mol. The van der Waals surface area contributed by atoms with Gasteiger partial charge in [-0.2, -0.15) is 5.10 Å². The summed E-state index contributed by atoms with van der Waals surface area (Å²) in [4.78, 5) is 2.33. The van der Waals surface area contributed by atoms with Crippen molar-refractivity contribution in [2.45, 2.75) is 38.0 Å². The Kier molecular flexibility index (Phi) is 8.78. The van der Waals surface area contributed by atoms with Crippen LogP contribution < -0.4 is 14.2 Å². The first kappa shape index (κ1) is 25.6. The zero-order valence-corrected chi connectivity index (χ0v) is 21.3. The van der Waals surface area contributed by atoms with Gasteiger partial charge in [0, 0.05) is 51.1 Å². The number of halogens is 2. The zero-order valence-electron chi connectivity index (χ0n) is 19.8. The number of piperidine rings is 1. The van der Waals surface area contributed by atoms with E-state index >= 15 is 0 Å². The summed E-state index contributed by atoms with van der Waals surface area (Å²) in [6, 6.07) is 13.1. The lowest BCUT2D eigenvalue weighted by Gasteiger charge is -2.38. The van der Waals surface area contributed by atoms with Crippen LogP contribution in [-0.4, -0.2) is 58.8 Å². The number of likely N-dealkylation sites (tertiary alicyclic amines) is 1. The molecule has 3 aromatic rings. The fraction of sp³-hybridized carbons (Fsp3) is 0.423. The van der Waals surface area contributed by atoms with Crippen molar-refractivity contribution in [1.29, 1.82) is 0 Å². The third kappa shape index (κ3) is 7.27. The zero-order chi connectivity index (χ0) is 24.7. The molecule has 0 unspecified atom stereocenters. The van der Waals surface area contributed by atoms with Crippen LogP contribution in [0.3, 0.4) is 0 Å². The molecule has 1 aliphatic rings. The lowest BCUT2D eigenvalue weighted by molar-refractivity contribution is -0.0537. The van der Waals surface area contributed by atoms with Crippen LogP contribution in [0.25, 0.3) is 0 Å². The molecule has 9 heteroatoms. The Morgan fingerprint density at radius 2 is 1.86 bits per heavy atom. The number of hydrogen-bond donors (Lipinski definition) is 1. The topological polar surface area (TPSA) is 69.0 Å². The molecule has 1 saturated heterocycles. The molecule has 4 rings (SSSR count). The molecule has 7 nitrogen and oxygen atoms in total. The summed E-state index contributed by atoms with van der Waals surface area (Å²) < 4.78 is 19.2. The van der Waals surface area contributed by atoms with E-state index in [4.69, 9.17) is 37.4 Å². The van der Waals surface area contributed by atoms with Crippen molar-refractivity contribution in [3.05, 3.63) is 70.5 Å². The highest BCUT2D eigenvalue weighted by molar-refractivity contribution is 6.42. The van der Waals surface area contributed by atoms with Gasteiger partial charge in [0.25, 0.3) is 0 Å². The second-order valence-corrected chi connectivity index (χ2v) is 9.64. The normalized spacial score (nSPS) is 15.7. The van der Waals surface area contributed by atoms with Crippen LogP contribution in [0.5, 0.6) is 17.2 Å². The van der Waals surface area contributed by atoms with Crippen LogP contribution in [0.4, 0.5) is 0 Å². The molecule has 0 amide bonds. The van der Waals surface area contributed by atoms with Gasteiger partial charge in [-0.25, -0.2) is 0 Å². The van der Waals surface area contributed by atoms with Crippen molar-refractivity contribution in [2.75, 3.05) is 33.4 Å². The van der Waals surface area contributed by atoms with Gasteiger partial charge in [0.2, 0.25) is 0 Å². The molecule has 0 saturated carbocycles. The summed E-state index contributed by atoms with van der Waals surface area (Å²) >= 11 is 12.0. The van der Waals surface area contributed by atoms with E-state index in [2.05, 4.69) is 16.1 Å². The summed E-state index contributed by atoms with van der Waals surface area (Å²) in [5.74, 6) is 2.07. The molecule has 1 aliphatic heterocycles. The summed E-state index contributed by atoms with van der Waals surface area (Å²) in [6.07, 6.45) is 5.82. The number of rotatable bonds is 11. The number of benzene rings is 2. The van der Waals surface area contributed by atoms with Crippen molar-refractivity contribution in [3.63, 3.8) is 0 Å². The first-order chi connectivity index (χ1) is 16.9. The van der Waals surface area contributed by atoms with Gasteiger partial charge in [0.05, 0.1) is 23.8 Å². The summed E-state index contributed by atoms with van der Waals surface area (Å²) in [5.41, 5.74) is 0.274. The van der Waals surface area contributed by atoms with E-state index in [1.807, 2.05) is 29.1 Å². The Labute approximate surface area is 216 Å². The standard InChI is InChI=1S/C26H31Cl2N3O4/c1-33-24-7-4-20(16-25(24)34-15-3-12-31-11-2-10-29-31)18-30-13-8-26(32,9-14-30)19-35-21-5-6-22(27)23(28)17-21/h2,4-7,10-11,16-17,32H,3,8-9,12-15,18-19H2,1H3. The van der Waals surface area contributed by atoms with E-state index in [-0.39, 0.29) is 6.61 Å². The molecule has 1 fully saturated rings. The van der Waals surface area contributed by atoms with Crippen LogP contribution in [0.2, 0.25) is 10.0 Å². The van der Waals surface area contributed by atoms with Gasteiger partial charge in [-0.15, -0.1) is 0 Å². The molecule has 0 atom stereocenters. The van der Waals surface area contributed by atoms with Crippen LogP contribution in [0.15, 0.2) is 54.9 Å². The Balaban J connectivity index is 1.26. The summed E-state index contributed by atoms with van der Waals surface area (Å²) in [5, 5.41) is 16.1. The SMILES string of the molecule is COc1ccc(CN2CCC(O)(COc3ccc(Cl)c(Cl)c3)CC2)cc1OCCCn1cccn1. The van der Waals surface area contributed by atoms with Crippen LogP contribution in [0.1, 0.15) is 24.8 Å². The van der Waals surface area contributed by atoms with E-state index in [1.165, 1.54) is 0 Å². The number of aromatic nitrogens is 2. The fourth-order valence-electron chi connectivity index (χ4n) is 4.09. The quantitative estimate of drug-likeness (QED) is 0.356. The molecule has 2 aromatic carbocycles. The Hall–Kier alpha value is -2.45. The van der Waals surface area contributed by atoms with Crippen molar-refractivity contribution < 1.29 is 19.3 Å². The molecule has 0 spiro atoms. The molecule has 2 heterocycles. The minimum Gasteiger partial charge on any atom is -0.493 e. The van der Waals surface area contributed by atoms with E-state index in [1.54, 1.807) is 31.5 Å². The number of ether oxygens (including phenoxy) is 3. The van der Waals surface area contributed by atoms with E-state index in [0.717, 1.165) is 49.7 Å². The van der Waals surface area contributed by atoms with E-state index < -0.39 is 5.60 Å². The van der Waals surface area contributed by atoms with Crippen molar-refractivity contribution in [1.82, 2.24) is 14.7 Å². The molecule has 1 aromatic heterocycles. The average molecular weight is 520 g/mol. The molecule has 35 heavy (non-hydrogen) atoms. The largest absolute Gasteiger partial charge is 0.493 e. The highest BCUT2D eigenvalue weighted by atomic mass is 35.5. The molecule has 1 N–H and O–H groups in total. The highest BCUT2D eigenvalue weighted by Crippen LogP contribution is 2.31. The van der Waals surface area contributed by atoms with E-state index in [0.29, 0.717) is 35.2 Å². The Morgan fingerprint density at radius 1 is 1.03 bits per heavy atom. The minimum atomic E-state index is -0.870. The number of nitrogens with zero attached hydrogens (tertiary/aromatic N) is 3. The second-order valence-electron chi connectivity index (χ2n) is 8.82. The number of methoxy groups -OCH3 is 1. The Bertz CT molecular complexity index is 1090. The number of aliphatic hydroxyl groups is 1. The van der Waals surface area contributed by atoms with Gasteiger partial charge >= 0.3 is 0 Å². The highest BCUT2D eigenvalue weighted by Gasteiger charge is 2.33. The maximum Gasteiger partial charge on any atom is 0.161 e. The average Bonchev–Trinajstić information content (AvgIpc) is 3.38. The predicted molar refractivity (Wildman–Crippen MR) is 137 cm³/mol. The summed E-state index contributed by atoms with van der Waals surface area (Å²) in [7, 11) is 1.65. The van der Waals surface area contributed by atoms with Gasteiger partial charge < -0.3 is 19.3 Å². The third-order valence-corrected chi connectivity index (χ3v) is 6.91. The van der Waals surface area contributed by atoms with Gasteiger partial charge in [-0.1, -0.05) is 29.3 Å². The number of hydrogen-bond acceptors (Lipinski definition) is 6. The third-order valence-electron chi connectivity index (χ3n) is 6.17. The van der Waals surface area contributed by atoms with Crippen molar-refractivity contribution >= 4 is 23.2 Å². The predicted octanol–water partition coefficient (Wildman–Crippen LogP) is 5.07. The fourth-order valence-corrected chi connectivity index (χ4v) is 4.38. The van der Waals surface area contributed by atoms with Crippen molar-refractivity contribution in [2.24, 2.45) is 0 Å². The smallest absolute Gasteiger partial charge is 0.161 e. The van der Waals surface area contributed by atoms with Gasteiger partial charge in [-0.3, -0.25) is 9.58 Å². The lowest BCUT2D eigenvalue weighted by atomic mass is 9.92. The maximum atomic E-state index is 11.0. The van der Waals surface area contributed by atoms with Crippen LogP contribution >= 0.6 is 23.2 Å².